The number of hydrogen-bond acceptors (Lipinski definition) is 6. The van der Waals surface area contributed by atoms with Crippen molar-refractivity contribution in [2.45, 2.75) is 111 Å². The first kappa shape index (κ1) is 29.4. The van der Waals surface area contributed by atoms with E-state index >= 15 is 0 Å². The van der Waals surface area contributed by atoms with Gasteiger partial charge in [0.05, 0.1) is 0 Å². The molecule has 0 saturated carbocycles. The van der Waals surface area contributed by atoms with E-state index in [2.05, 4.69) is 21.3 Å². The maximum absolute atomic E-state index is 12.9. The molecule has 0 bridgehead atoms. The van der Waals surface area contributed by atoms with Gasteiger partial charge in [-0.25, -0.2) is 4.79 Å². The predicted octanol–water partition coefficient (Wildman–Crippen LogP) is 0.927. The molecule has 10 heteroatoms. The molecule has 0 aromatic heterocycles. The Kier molecular flexibility index (Phi) is 8.68. The highest BCUT2D eigenvalue weighted by atomic mass is 16.6. The van der Waals surface area contributed by atoms with Gasteiger partial charge in [0.2, 0.25) is 23.6 Å². The molecule has 0 aliphatic rings. The molecular formula is C22H40N4O6. The van der Waals surface area contributed by atoms with Gasteiger partial charge in [-0.1, -0.05) is 0 Å². The highest BCUT2D eigenvalue weighted by molar-refractivity contribution is 5.99. The van der Waals surface area contributed by atoms with Gasteiger partial charge in [-0.3, -0.25) is 19.2 Å². The Morgan fingerprint density at radius 2 is 0.781 bits per heavy atom. The van der Waals surface area contributed by atoms with Gasteiger partial charge in [0.1, 0.15) is 27.8 Å². The van der Waals surface area contributed by atoms with Crippen LogP contribution in [-0.2, 0) is 28.7 Å². The van der Waals surface area contributed by atoms with Crippen LogP contribution in [0.3, 0.4) is 0 Å². The fourth-order valence-electron chi connectivity index (χ4n) is 2.39. The van der Waals surface area contributed by atoms with Crippen molar-refractivity contribution in [2.24, 2.45) is 0 Å². The zero-order chi connectivity index (χ0) is 25.9. The highest BCUT2D eigenvalue weighted by Gasteiger charge is 2.42. The minimum Gasteiger partial charge on any atom is -0.458 e. The summed E-state index contributed by atoms with van der Waals surface area (Å²) in [6.45, 7) is 18.4. The van der Waals surface area contributed by atoms with Gasteiger partial charge in [-0.15, -0.1) is 0 Å². The molecule has 4 N–H and O–H groups in total. The van der Waals surface area contributed by atoms with E-state index in [1.165, 1.54) is 62.3 Å². The molecule has 0 aliphatic carbocycles. The minimum atomic E-state index is -1.41. The minimum absolute atomic E-state index is 0.391. The smallest absolute Gasteiger partial charge is 0.331 e. The molecule has 0 heterocycles. The molecule has 4 amide bonds. The van der Waals surface area contributed by atoms with Gasteiger partial charge in [0, 0.05) is 6.92 Å². The summed E-state index contributed by atoms with van der Waals surface area (Å²) in [6, 6.07) is 0. The maximum Gasteiger partial charge on any atom is 0.331 e. The van der Waals surface area contributed by atoms with Crippen molar-refractivity contribution >= 4 is 29.6 Å². The second-order valence-electron chi connectivity index (χ2n) is 11.0. The van der Waals surface area contributed by atoms with Crippen LogP contribution in [0.4, 0.5) is 0 Å². The third-order valence-electron chi connectivity index (χ3n) is 4.38. The summed E-state index contributed by atoms with van der Waals surface area (Å²) in [5.41, 5.74) is -6.11. The van der Waals surface area contributed by atoms with Gasteiger partial charge in [0.25, 0.3) is 0 Å². The molecule has 0 aliphatic heterocycles. The number of hydrogen-bond donors (Lipinski definition) is 4. The van der Waals surface area contributed by atoms with Crippen LogP contribution in [0.2, 0.25) is 0 Å². The predicted molar refractivity (Wildman–Crippen MR) is 120 cm³/mol. The van der Waals surface area contributed by atoms with Crippen LogP contribution in [0.25, 0.3) is 0 Å². The summed E-state index contributed by atoms with van der Waals surface area (Å²) >= 11 is 0. The van der Waals surface area contributed by atoms with E-state index in [0.29, 0.717) is 0 Å². The molecule has 0 atom stereocenters. The molecule has 0 rings (SSSR count). The zero-order valence-corrected chi connectivity index (χ0v) is 21.4. The average Bonchev–Trinajstić information content (AvgIpc) is 2.50. The normalized spacial score (nSPS) is 13.0. The SMILES string of the molecule is CC(=O)NC(C)(C)C(=O)NC(C)(C)C(=O)NC(C)(C)C(=O)NC(C)(C)C(=O)OC(C)(C)C. The number of carbonyl (C=O) groups is 5. The average molecular weight is 457 g/mol. The molecular weight excluding hydrogens is 416 g/mol. The lowest BCUT2D eigenvalue weighted by molar-refractivity contribution is -0.163. The van der Waals surface area contributed by atoms with Crippen molar-refractivity contribution in [3.63, 3.8) is 0 Å². The van der Waals surface area contributed by atoms with Gasteiger partial charge in [-0.2, -0.15) is 0 Å². The molecule has 0 unspecified atom stereocenters. The van der Waals surface area contributed by atoms with Crippen molar-refractivity contribution in [1.82, 2.24) is 21.3 Å². The van der Waals surface area contributed by atoms with E-state index in [-0.39, 0.29) is 0 Å². The number of nitrogens with one attached hydrogen (secondary N) is 4. The number of ether oxygens (including phenoxy) is 1. The van der Waals surface area contributed by atoms with Crippen LogP contribution in [0, 0.1) is 0 Å². The number of amides is 4. The van der Waals surface area contributed by atoms with Gasteiger partial charge in [0.15, 0.2) is 0 Å². The third-order valence-corrected chi connectivity index (χ3v) is 4.38. The van der Waals surface area contributed by atoms with E-state index in [1.807, 2.05) is 0 Å². The lowest BCUT2D eigenvalue weighted by Crippen LogP contribution is -2.67. The summed E-state index contributed by atoms with van der Waals surface area (Å²) in [7, 11) is 0. The first-order valence-electron chi connectivity index (χ1n) is 10.4. The molecule has 0 aromatic carbocycles. The number of rotatable bonds is 8. The Labute approximate surface area is 191 Å². The lowest BCUT2D eigenvalue weighted by Gasteiger charge is -2.36. The largest absolute Gasteiger partial charge is 0.458 e. The van der Waals surface area contributed by atoms with E-state index in [9.17, 15) is 24.0 Å². The fourth-order valence-corrected chi connectivity index (χ4v) is 2.39. The first-order valence-corrected chi connectivity index (χ1v) is 10.4. The quantitative estimate of drug-likeness (QED) is 0.400. The highest BCUT2D eigenvalue weighted by Crippen LogP contribution is 2.16. The van der Waals surface area contributed by atoms with Gasteiger partial charge < -0.3 is 26.0 Å². The first-order chi connectivity index (χ1) is 13.9. The Balaban J connectivity index is 5.33. The summed E-state index contributed by atoms with van der Waals surface area (Å²) in [5.74, 6) is -2.81. The van der Waals surface area contributed by atoms with Gasteiger partial charge >= 0.3 is 5.97 Å². The van der Waals surface area contributed by atoms with Crippen LogP contribution in [0.5, 0.6) is 0 Å². The van der Waals surface area contributed by atoms with E-state index in [0.717, 1.165) is 0 Å². The summed E-state index contributed by atoms with van der Waals surface area (Å²) in [4.78, 5) is 62.0. The maximum atomic E-state index is 12.9. The Bertz CT molecular complexity index is 776. The zero-order valence-electron chi connectivity index (χ0n) is 21.4. The van der Waals surface area contributed by atoms with Crippen molar-refractivity contribution < 1.29 is 28.7 Å². The van der Waals surface area contributed by atoms with Crippen LogP contribution in [-0.4, -0.2) is 57.4 Å². The molecule has 0 radical (unpaired) electrons. The molecule has 32 heavy (non-hydrogen) atoms. The third kappa shape index (κ3) is 8.84. The van der Waals surface area contributed by atoms with E-state index in [4.69, 9.17) is 4.74 Å². The van der Waals surface area contributed by atoms with Crippen molar-refractivity contribution in [3.8, 4) is 0 Å². The fraction of sp³-hybridized carbons (Fsp3) is 0.773. The Morgan fingerprint density at radius 1 is 0.500 bits per heavy atom. The summed E-state index contributed by atoms with van der Waals surface area (Å²) < 4.78 is 5.34. The molecule has 0 fully saturated rings. The van der Waals surface area contributed by atoms with Crippen molar-refractivity contribution in [1.29, 1.82) is 0 Å². The second-order valence-corrected chi connectivity index (χ2v) is 11.0. The van der Waals surface area contributed by atoms with Crippen molar-refractivity contribution in [2.75, 3.05) is 0 Å². The number of esters is 1. The van der Waals surface area contributed by atoms with Crippen LogP contribution in [0.1, 0.15) is 83.1 Å². The number of carbonyl (C=O) groups excluding carboxylic acids is 5. The molecule has 184 valence electrons. The van der Waals surface area contributed by atoms with E-state index in [1.54, 1.807) is 20.8 Å². The van der Waals surface area contributed by atoms with Crippen LogP contribution < -0.4 is 21.3 Å². The monoisotopic (exact) mass is 456 g/mol. The summed E-state index contributed by atoms with van der Waals surface area (Å²) in [6.07, 6.45) is 0. The molecule has 0 spiro atoms. The Morgan fingerprint density at radius 3 is 1.06 bits per heavy atom. The van der Waals surface area contributed by atoms with E-state index < -0.39 is 57.4 Å². The standard InChI is InChI=1S/C22H40N4O6/c1-13(27)23-19(5,6)14(28)24-20(7,8)15(29)25-21(9,10)16(30)26-22(11,12)17(31)32-18(2,3)4/h1-12H3,(H,23,27)(H,24,28)(H,25,29)(H,26,30). The topological polar surface area (TPSA) is 143 Å². The van der Waals surface area contributed by atoms with Gasteiger partial charge in [-0.05, 0) is 76.2 Å². The molecule has 0 aromatic rings. The Hall–Kier alpha value is -2.65. The lowest BCUT2D eigenvalue weighted by atomic mass is 9.95. The van der Waals surface area contributed by atoms with Crippen LogP contribution in [0.15, 0.2) is 0 Å². The van der Waals surface area contributed by atoms with Crippen molar-refractivity contribution in [3.05, 3.63) is 0 Å². The summed E-state index contributed by atoms with van der Waals surface area (Å²) in [5, 5.41) is 10.3. The molecule has 10 nitrogen and oxygen atoms in total. The second kappa shape index (κ2) is 9.46. The molecule has 0 saturated heterocycles. The van der Waals surface area contributed by atoms with Crippen LogP contribution >= 0.6 is 0 Å².